The van der Waals surface area contributed by atoms with Crippen LogP contribution in [0.2, 0.25) is 0 Å². The van der Waals surface area contributed by atoms with E-state index < -0.39 is 5.54 Å². The number of ketones is 1. The monoisotopic (exact) mass is 355 g/mol. The van der Waals surface area contributed by atoms with Crippen LogP contribution in [0.4, 0.5) is 0 Å². The Morgan fingerprint density at radius 2 is 1.58 bits per heavy atom. The number of fused-ring (bicyclic) bond motifs is 1. The van der Waals surface area contributed by atoms with Crippen LogP contribution in [0.3, 0.4) is 0 Å². The second kappa shape index (κ2) is 10.7. The smallest absolute Gasteiger partial charge is 0.157 e. The fraction of sp³-hybridized carbons (Fsp3) is 0.625. The lowest BCUT2D eigenvalue weighted by atomic mass is 9.78. The Morgan fingerprint density at radius 3 is 2.23 bits per heavy atom. The van der Waals surface area contributed by atoms with Gasteiger partial charge in [0, 0.05) is 12.8 Å². The predicted octanol–water partition coefficient (Wildman–Crippen LogP) is 6.05. The van der Waals surface area contributed by atoms with Crippen LogP contribution in [0.5, 0.6) is 0 Å². The molecule has 0 bridgehead atoms. The summed E-state index contributed by atoms with van der Waals surface area (Å²) in [7, 11) is 4.07. The molecule has 0 saturated carbocycles. The van der Waals surface area contributed by atoms with Gasteiger partial charge < -0.3 is 0 Å². The van der Waals surface area contributed by atoms with Crippen molar-refractivity contribution in [2.45, 2.75) is 83.1 Å². The van der Waals surface area contributed by atoms with Gasteiger partial charge >= 0.3 is 0 Å². The van der Waals surface area contributed by atoms with E-state index in [2.05, 4.69) is 48.2 Å². The van der Waals surface area contributed by atoms with E-state index in [0.717, 1.165) is 12.8 Å². The molecule has 0 heterocycles. The molecule has 2 nitrogen and oxygen atoms in total. The van der Waals surface area contributed by atoms with Gasteiger partial charge in [0.15, 0.2) is 5.78 Å². The summed E-state index contributed by atoms with van der Waals surface area (Å²) in [6, 6.07) is 8.43. The van der Waals surface area contributed by atoms with Crippen molar-refractivity contribution >= 4 is 11.9 Å². The van der Waals surface area contributed by atoms with E-state index in [0.29, 0.717) is 12.2 Å². The number of Topliss-reactive ketones (excluding diaryl/α,β-unsaturated/α-hetero) is 1. The third-order valence-electron chi connectivity index (χ3n) is 5.84. The van der Waals surface area contributed by atoms with Crippen molar-refractivity contribution in [1.82, 2.24) is 4.90 Å². The maximum atomic E-state index is 13.1. The summed E-state index contributed by atoms with van der Waals surface area (Å²) in [5.41, 5.74) is 2.07. The van der Waals surface area contributed by atoms with Crippen molar-refractivity contribution in [3.05, 3.63) is 41.5 Å². The number of carbonyl (C=O) groups excluding carboxylic acids is 1. The largest absolute Gasteiger partial charge is 0.297 e. The van der Waals surface area contributed by atoms with E-state index in [1.165, 1.54) is 62.5 Å². The van der Waals surface area contributed by atoms with Crippen LogP contribution in [0.15, 0.2) is 30.3 Å². The third-order valence-corrected chi connectivity index (χ3v) is 5.84. The Labute approximate surface area is 160 Å². The minimum Gasteiger partial charge on any atom is -0.297 e. The quantitative estimate of drug-likeness (QED) is 0.426. The van der Waals surface area contributed by atoms with E-state index in [4.69, 9.17) is 0 Å². The molecular weight excluding hydrogens is 318 g/mol. The third kappa shape index (κ3) is 5.54. The molecule has 2 heteroatoms. The Kier molecular flexibility index (Phi) is 8.58. The highest BCUT2D eigenvalue weighted by atomic mass is 16.1. The second-order valence-corrected chi connectivity index (χ2v) is 8.03. The molecule has 2 rings (SSSR count). The van der Waals surface area contributed by atoms with Gasteiger partial charge in [-0.2, -0.15) is 0 Å². The van der Waals surface area contributed by atoms with Crippen LogP contribution in [-0.2, 0) is 11.2 Å². The summed E-state index contributed by atoms with van der Waals surface area (Å²) < 4.78 is 0. The first-order valence-electron chi connectivity index (χ1n) is 10.6. The number of carbonyl (C=O) groups is 1. The lowest BCUT2D eigenvalue weighted by Gasteiger charge is -2.38. The van der Waals surface area contributed by atoms with Gasteiger partial charge in [-0.1, -0.05) is 94.7 Å². The maximum absolute atomic E-state index is 13.1. The van der Waals surface area contributed by atoms with Crippen LogP contribution in [0, 0.1) is 0 Å². The van der Waals surface area contributed by atoms with Crippen molar-refractivity contribution in [1.29, 1.82) is 0 Å². The zero-order valence-corrected chi connectivity index (χ0v) is 17.1. The average molecular weight is 356 g/mol. The number of likely N-dealkylation sites (N-methyl/N-ethyl adjacent to an activating group) is 1. The summed E-state index contributed by atoms with van der Waals surface area (Å²) in [5.74, 6) is 0.371. The topological polar surface area (TPSA) is 20.3 Å². The number of nitrogens with zero attached hydrogens (tertiary/aromatic N) is 1. The number of hydrogen-bond acceptors (Lipinski definition) is 2. The van der Waals surface area contributed by atoms with Crippen LogP contribution < -0.4 is 0 Å². The highest BCUT2D eigenvalue weighted by Crippen LogP contribution is 2.31. The highest BCUT2D eigenvalue weighted by Gasteiger charge is 2.39. The number of unbranched alkanes of at least 4 members (excludes halogenated alkanes) is 8. The first kappa shape index (κ1) is 20.9. The molecule has 1 aromatic rings. The fourth-order valence-electron chi connectivity index (χ4n) is 4.00. The maximum Gasteiger partial charge on any atom is 0.157 e. The van der Waals surface area contributed by atoms with Crippen molar-refractivity contribution in [3.63, 3.8) is 0 Å². The minimum absolute atomic E-state index is 0.371. The molecule has 0 amide bonds. The molecule has 1 aliphatic carbocycles. The normalized spacial score (nSPS) is 18.9. The van der Waals surface area contributed by atoms with Crippen molar-refractivity contribution < 1.29 is 4.79 Å². The summed E-state index contributed by atoms with van der Waals surface area (Å²) in [6.07, 6.45) is 17.4. The molecule has 0 fully saturated rings. The summed E-state index contributed by atoms with van der Waals surface area (Å²) in [5, 5.41) is 0. The Morgan fingerprint density at radius 1 is 0.962 bits per heavy atom. The first-order valence-corrected chi connectivity index (χ1v) is 10.6. The zero-order valence-electron chi connectivity index (χ0n) is 17.1. The van der Waals surface area contributed by atoms with Crippen molar-refractivity contribution in [3.8, 4) is 0 Å². The number of rotatable bonds is 12. The molecule has 1 unspecified atom stereocenters. The molecule has 1 aliphatic rings. The van der Waals surface area contributed by atoms with Gasteiger partial charge in [0.25, 0.3) is 0 Å². The molecule has 1 atom stereocenters. The summed E-state index contributed by atoms with van der Waals surface area (Å²) in [4.78, 5) is 15.2. The lowest BCUT2D eigenvalue weighted by molar-refractivity contribution is -0.127. The van der Waals surface area contributed by atoms with E-state index in [9.17, 15) is 4.79 Å². The minimum atomic E-state index is -0.464. The molecular formula is C24H37NO. The molecule has 1 aromatic carbocycles. The molecule has 0 N–H and O–H groups in total. The van der Waals surface area contributed by atoms with Crippen LogP contribution in [0.25, 0.3) is 6.08 Å². The molecule has 0 aliphatic heterocycles. The molecule has 0 radical (unpaired) electrons. The van der Waals surface area contributed by atoms with Crippen LogP contribution >= 0.6 is 0 Å². The van der Waals surface area contributed by atoms with Gasteiger partial charge in [-0.25, -0.2) is 0 Å². The van der Waals surface area contributed by atoms with Crippen LogP contribution in [-0.4, -0.2) is 30.3 Å². The average Bonchev–Trinajstić information content (AvgIpc) is 2.65. The fourth-order valence-corrected chi connectivity index (χ4v) is 4.00. The van der Waals surface area contributed by atoms with Gasteiger partial charge in [-0.05, 0) is 31.6 Å². The zero-order chi connectivity index (χ0) is 18.8. The van der Waals surface area contributed by atoms with E-state index in [1.54, 1.807) is 0 Å². The van der Waals surface area contributed by atoms with Gasteiger partial charge in [0.05, 0.1) is 0 Å². The lowest BCUT2D eigenvalue weighted by Crippen LogP contribution is -2.52. The van der Waals surface area contributed by atoms with Gasteiger partial charge in [0.2, 0.25) is 0 Å². The second-order valence-electron chi connectivity index (χ2n) is 8.03. The Balaban J connectivity index is 1.78. The predicted molar refractivity (Wildman–Crippen MR) is 112 cm³/mol. The van der Waals surface area contributed by atoms with Crippen molar-refractivity contribution in [2.75, 3.05) is 14.1 Å². The highest BCUT2D eigenvalue weighted by molar-refractivity contribution is 5.93. The standard InChI is InChI=1S/C24H37NO/c1-4-5-6-7-8-9-10-11-12-17-23(26)24(25(2)3)19-18-21-15-13-14-16-22(21)20-24/h13-16,18-19H,4-12,17,20H2,1-3H3. The molecule has 26 heavy (non-hydrogen) atoms. The SMILES string of the molecule is CCCCCCCCCCCC(=O)C1(N(C)C)C=Cc2ccccc2C1. The Bertz CT molecular complexity index is 590. The number of hydrogen-bond donors (Lipinski definition) is 0. The number of benzene rings is 1. The summed E-state index contributed by atoms with van der Waals surface area (Å²) >= 11 is 0. The molecule has 0 spiro atoms. The molecule has 0 saturated heterocycles. The van der Waals surface area contributed by atoms with Crippen molar-refractivity contribution in [2.24, 2.45) is 0 Å². The van der Waals surface area contributed by atoms with E-state index in [1.807, 2.05) is 14.1 Å². The summed E-state index contributed by atoms with van der Waals surface area (Å²) in [6.45, 7) is 2.26. The van der Waals surface area contributed by atoms with Gasteiger partial charge in [-0.15, -0.1) is 0 Å². The van der Waals surface area contributed by atoms with E-state index in [-0.39, 0.29) is 0 Å². The Hall–Kier alpha value is -1.41. The first-order chi connectivity index (χ1) is 12.6. The molecule has 144 valence electrons. The molecule has 0 aromatic heterocycles. The van der Waals surface area contributed by atoms with Crippen LogP contribution in [0.1, 0.15) is 82.3 Å². The van der Waals surface area contributed by atoms with Gasteiger partial charge in [0.1, 0.15) is 5.54 Å². The van der Waals surface area contributed by atoms with E-state index >= 15 is 0 Å². The van der Waals surface area contributed by atoms with Gasteiger partial charge in [-0.3, -0.25) is 9.69 Å².